The molecule has 0 saturated heterocycles. The summed E-state index contributed by atoms with van der Waals surface area (Å²) in [7, 11) is -3.81. The van der Waals surface area contributed by atoms with Crippen LogP contribution in [0, 0.1) is 6.92 Å². The molecular weight excluding hydrogens is 362 g/mol. The molecule has 0 radical (unpaired) electrons. The highest BCUT2D eigenvalue weighted by atomic mass is 79.9. The molecule has 0 aliphatic carbocycles. The van der Waals surface area contributed by atoms with E-state index in [1.807, 2.05) is 0 Å². The van der Waals surface area contributed by atoms with Crippen molar-refractivity contribution in [3.63, 3.8) is 0 Å². The van der Waals surface area contributed by atoms with E-state index in [-0.39, 0.29) is 4.90 Å². The van der Waals surface area contributed by atoms with Crippen LogP contribution in [0.3, 0.4) is 0 Å². The number of carboxylic acid groups (broad SMARTS) is 1. The van der Waals surface area contributed by atoms with Gasteiger partial charge in [0.1, 0.15) is 11.4 Å². The average molecular weight is 374 g/mol. The molecule has 2 rings (SSSR count). The first-order valence-electron chi connectivity index (χ1n) is 5.81. The fourth-order valence-electron chi connectivity index (χ4n) is 1.65. The van der Waals surface area contributed by atoms with Gasteiger partial charge in [0, 0.05) is 10.7 Å². The molecule has 0 fully saturated rings. The van der Waals surface area contributed by atoms with Gasteiger partial charge < -0.3 is 5.11 Å². The second-order valence-corrected chi connectivity index (χ2v) is 6.93. The van der Waals surface area contributed by atoms with Gasteiger partial charge in [0.05, 0.1) is 11.9 Å². The maximum Gasteiger partial charge on any atom is 0.325 e. The second kappa shape index (κ2) is 5.86. The van der Waals surface area contributed by atoms with Crippen LogP contribution in [0.1, 0.15) is 5.56 Å². The maximum absolute atomic E-state index is 12.2. The summed E-state index contributed by atoms with van der Waals surface area (Å²) in [5.74, 6) is -1.10. The Labute approximate surface area is 129 Å². The van der Waals surface area contributed by atoms with Gasteiger partial charge in [-0.25, -0.2) is 8.42 Å². The number of anilines is 1. The van der Waals surface area contributed by atoms with Gasteiger partial charge in [-0.15, -0.1) is 0 Å². The molecule has 0 bridgehead atoms. The highest BCUT2D eigenvalue weighted by Crippen LogP contribution is 2.22. The summed E-state index contributed by atoms with van der Waals surface area (Å²) in [5.41, 5.74) is 1.20. The van der Waals surface area contributed by atoms with Crippen LogP contribution in [-0.2, 0) is 21.4 Å². The zero-order valence-corrected chi connectivity index (χ0v) is 13.3. The van der Waals surface area contributed by atoms with E-state index >= 15 is 0 Å². The Morgan fingerprint density at radius 2 is 2.19 bits per heavy atom. The third kappa shape index (κ3) is 3.82. The summed E-state index contributed by atoms with van der Waals surface area (Å²) in [4.78, 5) is 10.5. The van der Waals surface area contributed by atoms with Crippen LogP contribution in [0.5, 0.6) is 0 Å². The summed E-state index contributed by atoms with van der Waals surface area (Å²) < 4.78 is 28.8. The van der Waals surface area contributed by atoms with Crippen molar-refractivity contribution in [1.29, 1.82) is 0 Å². The minimum atomic E-state index is -3.81. The molecule has 0 amide bonds. The van der Waals surface area contributed by atoms with Crippen molar-refractivity contribution in [3.05, 3.63) is 40.6 Å². The van der Waals surface area contributed by atoms with Crippen LogP contribution in [-0.4, -0.2) is 29.3 Å². The fourth-order valence-corrected chi connectivity index (χ4v) is 3.21. The van der Waals surface area contributed by atoms with E-state index in [1.165, 1.54) is 6.20 Å². The van der Waals surface area contributed by atoms with Gasteiger partial charge in [-0.2, -0.15) is 5.10 Å². The Morgan fingerprint density at radius 3 is 2.81 bits per heavy atom. The standard InChI is InChI=1S/C12H12BrN3O4S/c1-8-4-9(13)2-3-11(8)15-21(19,20)10-5-14-16(6-10)7-12(17)18/h2-6,15H,7H2,1H3,(H,17,18). The third-order valence-corrected chi connectivity index (χ3v) is 4.46. The molecule has 0 atom stereocenters. The molecule has 0 aliphatic heterocycles. The van der Waals surface area contributed by atoms with Crippen LogP contribution >= 0.6 is 15.9 Å². The van der Waals surface area contributed by atoms with Crippen molar-refractivity contribution in [2.45, 2.75) is 18.4 Å². The van der Waals surface area contributed by atoms with Crippen molar-refractivity contribution in [3.8, 4) is 0 Å². The molecule has 0 aliphatic rings. The van der Waals surface area contributed by atoms with Gasteiger partial charge >= 0.3 is 5.97 Å². The Bertz CT molecular complexity index is 786. The highest BCUT2D eigenvalue weighted by Gasteiger charge is 2.18. The first-order valence-corrected chi connectivity index (χ1v) is 8.09. The minimum absolute atomic E-state index is 0.0916. The van der Waals surface area contributed by atoms with Crippen LogP contribution in [0.4, 0.5) is 5.69 Å². The molecule has 7 nitrogen and oxygen atoms in total. The Balaban J connectivity index is 2.25. The van der Waals surface area contributed by atoms with Crippen LogP contribution in [0.2, 0.25) is 0 Å². The monoisotopic (exact) mass is 373 g/mol. The lowest BCUT2D eigenvalue weighted by Gasteiger charge is -2.09. The first-order chi connectivity index (χ1) is 9.78. The lowest BCUT2D eigenvalue weighted by Crippen LogP contribution is -2.13. The smallest absolute Gasteiger partial charge is 0.325 e. The molecule has 9 heteroatoms. The molecule has 0 unspecified atom stereocenters. The Kier molecular flexibility index (Phi) is 4.33. The number of benzene rings is 1. The summed E-state index contributed by atoms with van der Waals surface area (Å²) in [6, 6.07) is 5.14. The predicted octanol–water partition coefficient (Wildman–Crippen LogP) is 1.84. The topological polar surface area (TPSA) is 101 Å². The maximum atomic E-state index is 12.2. The number of carboxylic acids is 1. The lowest BCUT2D eigenvalue weighted by molar-refractivity contribution is -0.137. The van der Waals surface area contributed by atoms with Gasteiger partial charge in [0.2, 0.25) is 0 Å². The Morgan fingerprint density at radius 1 is 1.48 bits per heavy atom. The number of aromatic nitrogens is 2. The number of carbonyl (C=O) groups is 1. The molecule has 1 heterocycles. The van der Waals surface area contributed by atoms with Gasteiger partial charge in [-0.1, -0.05) is 15.9 Å². The number of nitrogens with zero attached hydrogens (tertiary/aromatic N) is 2. The molecular formula is C12H12BrN3O4S. The molecule has 21 heavy (non-hydrogen) atoms. The number of hydrogen-bond acceptors (Lipinski definition) is 4. The number of halogens is 1. The number of aryl methyl sites for hydroxylation is 1. The molecule has 2 aromatic rings. The van der Waals surface area contributed by atoms with Crippen molar-refractivity contribution >= 4 is 37.6 Å². The lowest BCUT2D eigenvalue weighted by atomic mass is 10.2. The quantitative estimate of drug-likeness (QED) is 0.832. The normalized spacial score (nSPS) is 11.3. The van der Waals surface area contributed by atoms with Gasteiger partial charge in [-0.05, 0) is 30.7 Å². The molecule has 1 aromatic heterocycles. The van der Waals surface area contributed by atoms with Gasteiger partial charge in [-0.3, -0.25) is 14.2 Å². The zero-order valence-electron chi connectivity index (χ0n) is 10.9. The van der Waals surface area contributed by atoms with E-state index in [2.05, 4.69) is 25.8 Å². The summed E-state index contributed by atoms with van der Waals surface area (Å²) >= 11 is 3.30. The number of rotatable bonds is 5. The van der Waals surface area contributed by atoms with Gasteiger partial charge in [0.25, 0.3) is 10.0 Å². The zero-order chi connectivity index (χ0) is 15.6. The number of nitrogens with one attached hydrogen (secondary N) is 1. The second-order valence-electron chi connectivity index (χ2n) is 4.33. The highest BCUT2D eigenvalue weighted by molar-refractivity contribution is 9.10. The van der Waals surface area contributed by atoms with E-state index in [0.717, 1.165) is 20.9 Å². The fraction of sp³-hybridized carbons (Fsp3) is 0.167. The third-order valence-electron chi connectivity index (χ3n) is 2.65. The predicted molar refractivity (Wildman–Crippen MR) is 79.6 cm³/mol. The average Bonchev–Trinajstić information content (AvgIpc) is 2.81. The van der Waals surface area contributed by atoms with Crippen LogP contribution < -0.4 is 4.72 Å². The number of sulfonamides is 1. The van der Waals surface area contributed by atoms with Crippen molar-refractivity contribution in [2.24, 2.45) is 0 Å². The molecule has 112 valence electrons. The molecule has 0 saturated carbocycles. The van der Waals surface area contributed by atoms with Gasteiger partial charge in [0.15, 0.2) is 0 Å². The largest absolute Gasteiger partial charge is 0.480 e. The van der Waals surface area contributed by atoms with Crippen molar-refractivity contribution in [1.82, 2.24) is 9.78 Å². The number of hydrogen-bond donors (Lipinski definition) is 2. The minimum Gasteiger partial charge on any atom is -0.480 e. The summed E-state index contributed by atoms with van der Waals surface area (Å²) in [6.45, 7) is 1.38. The summed E-state index contributed by atoms with van der Waals surface area (Å²) in [6.07, 6.45) is 2.28. The van der Waals surface area contributed by atoms with E-state index in [0.29, 0.717) is 5.69 Å². The van der Waals surface area contributed by atoms with E-state index in [1.54, 1.807) is 25.1 Å². The van der Waals surface area contributed by atoms with E-state index in [4.69, 9.17) is 5.11 Å². The van der Waals surface area contributed by atoms with Crippen molar-refractivity contribution < 1.29 is 18.3 Å². The van der Waals surface area contributed by atoms with Crippen molar-refractivity contribution in [2.75, 3.05) is 4.72 Å². The molecule has 0 spiro atoms. The molecule has 2 N–H and O–H groups in total. The first kappa shape index (κ1) is 15.5. The van der Waals surface area contributed by atoms with Crippen LogP contribution in [0.25, 0.3) is 0 Å². The molecule has 1 aromatic carbocycles. The number of aliphatic carboxylic acids is 1. The summed E-state index contributed by atoms with van der Waals surface area (Å²) in [5, 5.41) is 12.4. The Hall–Kier alpha value is -1.87. The SMILES string of the molecule is Cc1cc(Br)ccc1NS(=O)(=O)c1cnn(CC(=O)O)c1. The van der Waals surface area contributed by atoms with Crippen LogP contribution in [0.15, 0.2) is 40.0 Å². The van der Waals surface area contributed by atoms with E-state index in [9.17, 15) is 13.2 Å². The van der Waals surface area contributed by atoms with E-state index < -0.39 is 22.5 Å².